The minimum absolute atomic E-state index is 0.0770. The van der Waals surface area contributed by atoms with Gasteiger partial charge < -0.3 is 10.1 Å². The molecular formula is C16H19N3OS. The van der Waals surface area contributed by atoms with Crippen LogP contribution in [0.5, 0.6) is 5.75 Å². The summed E-state index contributed by atoms with van der Waals surface area (Å²) in [6.07, 6.45) is 0. The van der Waals surface area contributed by atoms with Crippen molar-refractivity contribution in [2.75, 3.05) is 6.61 Å². The molecule has 21 heavy (non-hydrogen) atoms. The molecule has 0 saturated heterocycles. The molecule has 0 radical (unpaired) electrons. The van der Waals surface area contributed by atoms with Gasteiger partial charge in [0.2, 0.25) is 0 Å². The molecule has 0 aliphatic carbocycles. The molecule has 110 valence electrons. The van der Waals surface area contributed by atoms with Gasteiger partial charge in [0, 0.05) is 17.1 Å². The Morgan fingerprint density at radius 3 is 2.57 bits per heavy atom. The number of aromatic nitrogens is 1. The molecule has 0 aliphatic rings. The average molecular weight is 301 g/mol. The van der Waals surface area contributed by atoms with Gasteiger partial charge in [-0.15, -0.1) is 11.3 Å². The fourth-order valence-electron chi connectivity index (χ4n) is 2.08. The van der Waals surface area contributed by atoms with Crippen molar-refractivity contribution in [1.29, 1.82) is 5.26 Å². The lowest BCUT2D eigenvalue weighted by Gasteiger charge is -2.19. The molecule has 0 bridgehead atoms. The second-order valence-electron chi connectivity index (χ2n) is 4.95. The lowest BCUT2D eigenvalue weighted by molar-refractivity contribution is 0.368. The van der Waals surface area contributed by atoms with Crippen LogP contribution in [0, 0.1) is 18.3 Å². The van der Waals surface area contributed by atoms with E-state index in [0.29, 0.717) is 0 Å². The Bertz CT molecular complexity index is 615. The van der Waals surface area contributed by atoms with E-state index in [0.717, 1.165) is 16.5 Å². The first-order valence-corrected chi connectivity index (χ1v) is 7.76. The molecule has 1 aromatic heterocycles. The SMILES string of the molecule is Cc1csc(C(C)NC(C)c2ccc(OCC#N)cc2)n1. The van der Waals surface area contributed by atoms with E-state index >= 15 is 0 Å². The molecule has 0 saturated carbocycles. The Kier molecular flexibility index (Phi) is 5.32. The molecule has 2 unspecified atom stereocenters. The Morgan fingerprint density at radius 1 is 1.29 bits per heavy atom. The highest BCUT2D eigenvalue weighted by atomic mass is 32.1. The maximum absolute atomic E-state index is 8.49. The van der Waals surface area contributed by atoms with E-state index in [9.17, 15) is 0 Å². The summed E-state index contributed by atoms with van der Waals surface area (Å²) in [5.74, 6) is 0.719. The summed E-state index contributed by atoms with van der Waals surface area (Å²) in [4.78, 5) is 4.51. The Balaban J connectivity index is 1.96. The molecule has 0 fully saturated rings. The van der Waals surface area contributed by atoms with E-state index in [1.54, 1.807) is 11.3 Å². The average Bonchev–Trinajstić information content (AvgIpc) is 2.92. The van der Waals surface area contributed by atoms with Gasteiger partial charge in [0.25, 0.3) is 0 Å². The number of nitriles is 1. The number of rotatable bonds is 6. The van der Waals surface area contributed by atoms with Crippen LogP contribution in [0.1, 0.15) is 42.2 Å². The zero-order chi connectivity index (χ0) is 15.2. The van der Waals surface area contributed by atoms with Gasteiger partial charge in [-0.2, -0.15) is 5.26 Å². The standard InChI is InChI=1S/C16H19N3OS/c1-11-10-21-16(18-11)13(3)19-12(2)14-4-6-15(7-5-14)20-9-8-17/h4-7,10,12-13,19H,9H2,1-3H3. The molecule has 2 aromatic rings. The maximum Gasteiger partial charge on any atom is 0.174 e. The molecule has 2 rings (SSSR count). The van der Waals surface area contributed by atoms with Crippen LogP contribution < -0.4 is 10.1 Å². The molecule has 5 heteroatoms. The third-order valence-corrected chi connectivity index (χ3v) is 4.34. The van der Waals surface area contributed by atoms with Gasteiger partial charge in [-0.3, -0.25) is 0 Å². The van der Waals surface area contributed by atoms with E-state index in [2.05, 4.69) is 29.5 Å². The highest BCUT2D eigenvalue weighted by molar-refractivity contribution is 7.09. The van der Waals surface area contributed by atoms with Crippen molar-refractivity contribution in [3.63, 3.8) is 0 Å². The number of nitrogens with one attached hydrogen (secondary N) is 1. The zero-order valence-electron chi connectivity index (χ0n) is 12.5. The largest absolute Gasteiger partial charge is 0.479 e. The van der Waals surface area contributed by atoms with Crippen LogP contribution in [0.2, 0.25) is 0 Å². The second-order valence-corrected chi connectivity index (χ2v) is 5.84. The Labute approximate surface area is 129 Å². The Morgan fingerprint density at radius 2 is 2.00 bits per heavy atom. The molecule has 2 atom stereocenters. The highest BCUT2D eigenvalue weighted by Crippen LogP contribution is 2.23. The molecule has 1 heterocycles. The molecular weight excluding hydrogens is 282 g/mol. The first kappa shape index (κ1) is 15.5. The zero-order valence-corrected chi connectivity index (χ0v) is 13.3. The summed E-state index contributed by atoms with van der Waals surface area (Å²) in [6, 6.07) is 10.2. The number of benzene rings is 1. The summed E-state index contributed by atoms with van der Waals surface area (Å²) in [5.41, 5.74) is 2.25. The van der Waals surface area contributed by atoms with Gasteiger partial charge in [-0.1, -0.05) is 12.1 Å². The molecule has 0 aliphatic heterocycles. The van der Waals surface area contributed by atoms with Crippen LogP contribution in [-0.2, 0) is 0 Å². The predicted molar refractivity (Wildman–Crippen MR) is 84.4 cm³/mol. The van der Waals surface area contributed by atoms with Crippen LogP contribution in [0.15, 0.2) is 29.6 Å². The lowest BCUT2D eigenvalue weighted by atomic mass is 10.1. The van der Waals surface area contributed by atoms with Gasteiger partial charge in [0.1, 0.15) is 16.8 Å². The van der Waals surface area contributed by atoms with E-state index in [4.69, 9.17) is 10.00 Å². The fraction of sp³-hybridized carbons (Fsp3) is 0.375. The number of hydrogen-bond acceptors (Lipinski definition) is 5. The van der Waals surface area contributed by atoms with Crippen molar-refractivity contribution >= 4 is 11.3 Å². The van der Waals surface area contributed by atoms with Crippen molar-refractivity contribution < 1.29 is 4.74 Å². The van der Waals surface area contributed by atoms with Crippen molar-refractivity contribution in [3.05, 3.63) is 45.9 Å². The third-order valence-electron chi connectivity index (χ3n) is 3.19. The summed E-state index contributed by atoms with van der Waals surface area (Å²) >= 11 is 1.68. The van der Waals surface area contributed by atoms with E-state index in [1.807, 2.05) is 37.3 Å². The number of aryl methyl sites for hydroxylation is 1. The monoisotopic (exact) mass is 301 g/mol. The second kappa shape index (κ2) is 7.21. The van der Waals surface area contributed by atoms with Gasteiger partial charge in [0.15, 0.2) is 6.61 Å². The molecule has 0 amide bonds. The third kappa shape index (κ3) is 4.28. The fourth-order valence-corrected chi connectivity index (χ4v) is 2.89. The van der Waals surface area contributed by atoms with Gasteiger partial charge >= 0.3 is 0 Å². The van der Waals surface area contributed by atoms with E-state index in [-0.39, 0.29) is 18.7 Å². The number of thiazole rings is 1. The van der Waals surface area contributed by atoms with Crippen LogP contribution >= 0.6 is 11.3 Å². The first-order valence-electron chi connectivity index (χ1n) is 6.88. The predicted octanol–water partition coefficient (Wildman–Crippen LogP) is 3.77. The minimum Gasteiger partial charge on any atom is -0.479 e. The van der Waals surface area contributed by atoms with Crippen LogP contribution in [0.4, 0.5) is 0 Å². The van der Waals surface area contributed by atoms with E-state index < -0.39 is 0 Å². The highest BCUT2D eigenvalue weighted by Gasteiger charge is 2.13. The van der Waals surface area contributed by atoms with Gasteiger partial charge in [0.05, 0.1) is 6.04 Å². The normalized spacial score (nSPS) is 13.4. The summed E-state index contributed by atoms with van der Waals surface area (Å²) in [7, 11) is 0. The van der Waals surface area contributed by atoms with Crippen LogP contribution in [-0.4, -0.2) is 11.6 Å². The van der Waals surface area contributed by atoms with E-state index in [1.165, 1.54) is 5.56 Å². The molecule has 1 aromatic carbocycles. The van der Waals surface area contributed by atoms with Crippen molar-refractivity contribution in [2.45, 2.75) is 32.9 Å². The topological polar surface area (TPSA) is 57.9 Å². The lowest BCUT2D eigenvalue weighted by Crippen LogP contribution is -2.22. The Hall–Kier alpha value is -1.90. The molecule has 1 N–H and O–H groups in total. The van der Waals surface area contributed by atoms with Crippen molar-refractivity contribution in [1.82, 2.24) is 10.3 Å². The molecule has 0 spiro atoms. The first-order chi connectivity index (χ1) is 10.1. The summed E-state index contributed by atoms with van der Waals surface area (Å²) in [6.45, 7) is 6.34. The summed E-state index contributed by atoms with van der Waals surface area (Å²) < 4.78 is 5.25. The van der Waals surface area contributed by atoms with Crippen molar-refractivity contribution in [3.8, 4) is 11.8 Å². The maximum atomic E-state index is 8.49. The smallest absolute Gasteiger partial charge is 0.174 e. The van der Waals surface area contributed by atoms with Gasteiger partial charge in [-0.25, -0.2) is 4.98 Å². The van der Waals surface area contributed by atoms with Gasteiger partial charge in [-0.05, 0) is 38.5 Å². The summed E-state index contributed by atoms with van der Waals surface area (Å²) in [5, 5.41) is 15.2. The number of nitrogens with zero attached hydrogens (tertiary/aromatic N) is 2. The number of hydrogen-bond donors (Lipinski definition) is 1. The van der Waals surface area contributed by atoms with Crippen LogP contribution in [0.3, 0.4) is 0 Å². The minimum atomic E-state index is 0.0770. The van der Waals surface area contributed by atoms with Crippen molar-refractivity contribution in [2.24, 2.45) is 0 Å². The van der Waals surface area contributed by atoms with Crippen LogP contribution in [0.25, 0.3) is 0 Å². The quantitative estimate of drug-likeness (QED) is 0.882. The molecule has 4 nitrogen and oxygen atoms in total. The number of ether oxygens (including phenoxy) is 1.